The number of hydrogen-bond donors (Lipinski definition) is 0. The van der Waals surface area contributed by atoms with Crippen molar-refractivity contribution >= 4 is 21.8 Å². The van der Waals surface area contributed by atoms with Crippen LogP contribution in [-0.4, -0.2) is 62.2 Å². The molecule has 0 saturated carbocycles. The molecule has 1 aromatic rings. The van der Waals surface area contributed by atoms with Crippen LogP contribution in [-0.2, 0) is 16.8 Å². The highest BCUT2D eigenvalue weighted by atomic mass is 35.5. The third-order valence-electron chi connectivity index (χ3n) is 4.79. The summed E-state index contributed by atoms with van der Waals surface area (Å²) < 4.78 is 28.1. The molecule has 0 spiro atoms. The molecule has 2 rings (SSSR count). The van der Waals surface area contributed by atoms with Gasteiger partial charge in [-0.15, -0.1) is 0 Å². The van der Waals surface area contributed by atoms with E-state index in [0.717, 1.165) is 24.9 Å². The normalized spacial score (nSPS) is 19.5. The van der Waals surface area contributed by atoms with Crippen LogP contribution in [0.1, 0.15) is 31.2 Å². The van der Waals surface area contributed by atoms with Gasteiger partial charge in [0, 0.05) is 38.2 Å². The molecule has 1 heterocycles. The smallest absolute Gasteiger partial charge is 0.281 e. The molecule has 0 aromatic heterocycles. The summed E-state index contributed by atoms with van der Waals surface area (Å²) in [4.78, 5) is 2.38. The molecule has 0 aliphatic carbocycles. The van der Waals surface area contributed by atoms with E-state index in [-0.39, 0.29) is 0 Å². The molecule has 1 aromatic carbocycles. The Morgan fingerprint density at radius 3 is 2.46 bits per heavy atom. The molecule has 0 unspecified atom stereocenters. The molecule has 0 N–H and O–H groups in total. The Balaban J connectivity index is 1.84. The van der Waals surface area contributed by atoms with Gasteiger partial charge in [0.05, 0.1) is 0 Å². The Labute approximate surface area is 151 Å². The van der Waals surface area contributed by atoms with Gasteiger partial charge in [-0.3, -0.25) is 0 Å². The molecule has 136 valence electrons. The van der Waals surface area contributed by atoms with Crippen LogP contribution in [0.5, 0.6) is 0 Å². The molecule has 5 nitrogen and oxygen atoms in total. The SMILES string of the molecule is CN1CCC[C@H]1CCCN(C)S(=O)(=O)N(C)Cc1ccc(Cl)cc1. The van der Waals surface area contributed by atoms with E-state index in [4.69, 9.17) is 11.6 Å². The van der Waals surface area contributed by atoms with E-state index in [9.17, 15) is 8.42 Å². The quantitative estimate of drug-likeness (QED) is 0.703. The number of likely N-dealkylation sites (tertiary alicyclic amines) is 1. The molecule has 1 fully saturated rings. The van der Waals surface area contributed by atoms with Crippen LogP contribution in [0, 0.1) is 0 Å². The predicted octanol–water partition coefficient (Wildman–Crippen LogP) is 2.82. The number of hydrogen-bond acceptors (Lipinski definition) is 3. The van der Waals surface area contributed by atoms with Crippen molar-refractivity contribution in [3.05, 3.63) is 34.9 Å². The predicted molar refractivity (Wildman–Crippen MR) is 99.4 cm³/mol. The molecule has 0 amide bonds. The second kappa shape index (κ2) is 8.63. The highest BCUT2D eigenvalue weighted by Gasteiger charge is 2.25. The van der Waals surface area contributed by atoms with Gasteiger partial charge in [0.15, 0.2) is 0 Å². The van der Waals surface area contributed by atoms with Gasteiger partial charge in [0.2, 0.25) is 0 Å². The van der Waals surface area contributed by atoms with Crippen LogP contribution < -0.4 is 0 Å². The minimum absolute atomic E-state index is 0.342. The Bertz CT molecular complexity index is 621. The zero-order valence-corrected chi connectivity index (χ0v) is 16.4. The summed E-state index contributed by atoms with van der Waals surface area (Å²) in [5.41, 5.74) is 0.923. The molecular weight excluding hydrogens is 346 g/mol. The molecule has 24 heavy (non-hydrogen) atoms. The van der Waals surface area contributed by atoms with Crippen LogP contribution in [0.2, 0.25) is 5.02 Å². The largest absolute Gasteiger partial charge is 0.303 e. The monoisotopic (exact) mass is 373 g/mol. The van der Waals surface area contributed by atoms with Crippen molar-refractivity contribution < 1.29 is 8.42 Å². The van der Waals surface area contributed by atoms with Gasteiger partial charge >= 0.3 is 0 Å². The molecular formula is C17H28ClN3O2S. The summed E-state index contributed by atoms with van der Waals surface area (Å²) in [5.74, 6) is 0. The third kappa shape index (κ3) is 5.17. The topological polar surface area (TPSA) is 43.9 Å². The first-order chi connectivity index (χ1) is 11.3. The van der Waals surface area contributed by atoms with Crippen LogP contribution in [0.25, 0.3) is 0 Å². The maximum Gasteiger partial charge on any atom is 0.281 e. The molecule has 1 aliphatic heterocycles. The summed E-state index contributed by atoms with van der Waals surface area (Å²) in [6, 6.07) is 7.86. The van der Waals surface area contributed by atoms with Gasteiger partial charge in [-0.1, -0.05) is 23.7 Å². The number of nitrogens with zero attached hydrogens (tertiary/aromatic N) is 3. The van der Waals surface area contributed by atoms with Gasteiger partial charge in [-0.05, 0) is 57.0 Å². The molecule has 0 radical (unpaired) electrons. The summed E-state index contributed by atoms with van der Waals surface area (Å²) in [5, 5.41) is 0.651. The Kier molecular flexibility index (Phi) is 7.07. The fourth-order valence-corrected chi connectivity index (χ4v) is 4.45. The van der Waals surface area contributed by atoms with Gasteiger partial charge in [-0.25, -0.2) is 0 Å². The summed E-state index contributed by atoms with van der Waals surface area (Å²) in [6.07, 6.45) is 4.42. The van der Waals surface area contributed by atoms with Gasteiger partial charge < -0.3 is 4.90 Å². The first-order valence-electron chi connectivity index (χ1n) is 8.43. The maximum atomic E-state index is 12.6. The van der Waals surface area contributed by atoms with E-state index in [2.05, 4.69) is 11.9 Å². The first kappa shape index (κ1) is 19.7. The van der Waals surface area contributed by atoms with E-state index in [0.29, 0.717) is 24.2 Å². The van der Waals surface area contributed by atoms with E-state index in [1.165, 1.54) is 21.5 Å². The lowest BCUT2D eigenvalue weighted by molar-refractivity contribution is 0.284. The zero-order chi connectivity index (χ0) is 17.7. The summed E-state index contributed by atoms with van der Waals surface area (Å²) >= 11 is 5.87. The van der Waals surface area contributed by atoms with Gasteiger partial charge in [0.1, 0.15) is 0 Å². The van der Waals surface area contributed by atoms with Crippen LogP contribution in [0.4, 0.5) is 0 Å². The van der Waals surface area contributed by atoms with Crippen molar-refractivity contribution in [1.82, 2.24) is 13.5 Å². The second-order valence-corrected chi connectivity index (χ2v) is 9.21. The molecule has 7 heteroatoms. The lowest BCUT2D eigenvalue weighted by atomic mass is 10.1. The Morgan fingerprint density at radius 1 is 1.21 bits per heavy atom. The second-order valence-electron chi connectivity index (χ2n) is 6.63. The molecule has 0 bridgehead atoms. The van der Waals surface area contributed by atoms with Crippen LogP contribution in [0.15, 0.2) is 24.3 Å². The fraction of sp³-hybridized carbons (Fsp3) is 0.647. The Hall–Kier alpha value is -0.660. The number of halogens is 1. The molecule has 1 atom stereocenters. The van der Waals surface area contributed by atoms with Gasteiger partial charge in [-0.2, -0.15) is 17.0 Å². The van der Waals surface area contributed by atoms with Crippen molar-refractivity contribution in [3.63, 3.8) is 0 Å². The van der Waals surface area contributed by atoms with Gasteiger partial charge in [0.25, 0.3) is 10.2 Å². The van der Waals surface area contributed by atoms with E-state index in [1.807, 2.05) is 12.1 Å². The lowest BCUT2D eigenvalue weighted by Crippen LogP contribution is -2.40. The highest BCUT2D eigenvalue weighted by Crippen LogP contribution is 2.20. The minimum atomic E-state index is -3.44. The minimum Gasteiger partial charge on any atom is -0.303 e. The number of rotatable bonds is 8. The van der Waals surface area contributed by atoms with E-state index >= 15 is 0 Å². The van der Waals surface area contributed by atoms with Crippen LogP contribution in [0.3, 0.4) is 0 Å². The Morgan fingerprint density at radius 2 is 1.88 bits per heavy atom. The maximum absolute atomic E-state index is 12.6. The summed E-state index contributed by atoms with van der Waals surface area (Å²) in [7, 11) is 1.99. The summed E-state index contributed by atoms with van der Waals surface area (Å²) in [6.45, 7) is 2.05. The average Bonchev–Trinajstić information content (AvgIpc) is 2.94. The highest BCUT2D eigenvalue weighted by molar-refractivity contribution is 7.86. The van der Waals surface area contributed by atoms with Crippen molar-refractivity contribution in [2.24, 2.45) is 0 Å². The van der Waals surface area contributed by atoms with Crippen molar-refractivity contribution in [2.45, 2.75) is 38.3 Å². The zero-order valence-electron chi connectivity index (χ0n) is 14.8. The van der Waals surface area contributed by atoms with Crippen LogP contribution >= 0.6 is 11.6 Å². The fourth-order valence-electron chi connectivity index (χ4n) is 3.18. The molecule has 1 aliphatic rings. The number of benzene rings is 1. The lowest BCUT2D eigenvalue weighted by Gasteiger charge is -2.25. The van der Waals surface area contributed by atoms with Crippen molar-refractivity contribution in [1.29, 1.82) is 0 Å². The first-order valence-corrected chi connectivity index (χ1v) is 10.2. The van der Waals surface area contributed by atoms with Crippen molar-refractivity contribution in [3.8, 4) is 0 Å². The van der Waals surface area contributed by atoms with E-state index < -0.39 is 10.2 Å². The average molecular weight is 374 g/mol. The van der Waals surface area contributed by atoms with Crippen molar-refractivity contribution in [2.75, 3.05) is 34.2 Å². The standard InChI is InChI=1S/C17H28ClN3O2S/c1-19-12-4-6-17(19)7-5-13-20(2)24(22,23)21(3)14-15-8-10-16(18)11-9-15/h8-11,17H,4-7,12-14H2,1-3H3/t17-/m0/s1. The molecule has 1 saturated heterocycles. The van der Waals surface area contributed by atoms with E-state index in [1.54, 1.807) is 26.2 Å². The third-order valence-corrected chi connectivity index (χ3v) is 6.93.